The fourth-order valence-electron chi connectivity index (χ4n) is 1.71. The van der Waals surface area contributed by atoms with Gasteiger partial charge in [-0.2, -0.15) is 0 Å². The van der Waals surface area contributed by atoms with Crippen LogP contribution in [0.2, 0.25) is 0 Å². The number of hydrogen-bond donors (Lipinski definition) is 2. The Hall–Kier alpha value is -2.14. The highest BCUT2D eigenvalue weighted by atomic mass is 32.1. The molecule has 0 fully saturated rings. The lowest BCUT2D eigenvalue weighted by molar-refractivity contribution is 0.0938. The van der Waals surface area contributed by atoms with Crippen LogP contribution in [0.25, 0.3) is 0 Å². The predicted molar refractivity (Wildman–Crippen MR) is 85.9 cm³/mol. The average molecular weight is 302 g/mol. The third kappa shape index (κ3) is 4.16. The van der Waals surface area contributed by atoms with Crippen molar-refractivity contribution >= 4 is 28.8 Å². The van der Waals surface area contributed by atoms with E-state index in [9.17, 15) is 9.59 Å². The van der Waals surface area contributed by atoms with E-state index in [0.717, 1.165) is 6.42 Å². The van der Waals surface area contributed by atoms with Gasteiger partial charge in [0.25, 0.3) is 11.8 Å². The first-order valence-electron chi connectivity index (χ1n) is 6.86. The molecule has 0 unspecified atom stereocenters. The van der Waals surface area contributed by atoms with Gasteiger partial charge in [0.05, 0.1) is 4.88 Å². The zero-order valence-corrected chi connectivity index (χ0v) is 12.9. The summed E-state index contributed by atoms with van der Waals surface area (Å²) in [5.41, 5.74) is 1.26. The van der Waals surface area contributed by atoms with Gasteiger partial charge in [-0.1, -0.05) is 13.0 Å². The zero-order chi connectivity index (χ0) is 15.2. The summed E-state index contributed by atoms with van der Waals surface area (Å²) < 4.78 is 0. The van der Waals surface area contributed by atoms with E-state index in [4.69, 9.17) is 0 Å². The molecule has 1 atom stereocenters. The number of benzene rings is 1. The summed E-state index contributed by atoms with van der Waals surface area (Å²) in [6.45, 7) is 3.99. The van der Waals surface area contributed by atoms with E-state index in [1.165, 1.54) is 11.3 Å². The molecule has 0 aliphatic carbocycles. The van der Waals surface area contributed by atoms with Crippen LogP contribution in [0, 0.1) is 0 Å². The molecule has 1 aromatic heterocycles. The Labute approximate surface area is 128 Å². The average Bonchev–Trinajstić information content (AvgIpc) is 3.02. The molecule has 0 spiro atoms. The van der Waals surface area contributed by atoms with Crippen LogP contribution < -0.4 is 10.6 Å². The monoisotopic (exact) mass is 302 g/mol. The number of rotatable bonds is 5. The molecule has 1 aromatic carbocycles. The molecule has 2 rings (SSSR count). The van der Waals surface area contributed by atoms with Crippen LogP contribution in [-0.4, -0.2) is 17.9 Å². The van der Waals surface area contributed by atoms with Crippen molar-refractivity contribution in [2.24, 2.45) is 0 Å². The molecule has 0 radical (unpaired) electrons. The maximum absolute atomic E-state index is 11.9. The highest BCUT2D eigenvalue weighted by Gasteiger charge is 2.10. The molecule has 1 heterocycles. The Morgan fingerprint density at radius 3 is 2.43 bits per heavy atom. The summed E-state index contributed by atoms with van der Waals surface area (Å²) in [5.74, 6) is -0.234. The van der Waals surface area contributed by atoms with Crippen molar-refractivity contribution in [1.29, 1.82) is 0 Å². The Morgan fingerprint density at radius 2 is 1.86 bits per heavy atom. The second-order valence-corrected chi connectivity index (χ2v) is 5.74. The highest BCUT2D eigenvalue weighted by molar-refractivity contribution is 7.12. The van der Waals surface area contributed by atoms with Gasteiger partial charge in [0.15, 0.2) is 0 Å². The highest BCUT2D eigenvalue weighted by Crippen LogP contribution is 2.14. The van der Waals surface area contributed by atoms with Crippen LogP contribution in [-0.2, 0) is 0 Å². The number of carbonyl (C=O) groups excluding carboxylic acids is 2. The van der Waals surface area contributed by atoms with Gasteiger partial charge >= 0.3 is 0 Å². The molecule has 2 N–H and O–H groups in total. The van der Waals surface area contributed by atoms with Gasteiger partial charge in [-0.15, -0.1) is 11.3 Å². The lowest BCUT2D eigenvalue weighted by Crippen LogP contribution is -2.31. The number of thiophene rings is 1. The van der Waals surface area contributed by atoms with Gasteiger partial charge in [0, 0.05) is 17.3 Å². The van der Waals surface area contributed by atoms with Crippen molar-refractivity contribution in [3.63, 3.8) is 0 Å². The molecule has 2 aromatic rings. The SMILES string of the molecule is CC[C@@H](C)NC(=O)c1ccc(NC(=O)c2cccs2)cc1. The van der Waals surface area contributed by atoms with Crippen LogP contribution in [0.15, 0.2) is 41.8 Å². The third-order valence-electron chi connectivity index (χ3n) is 3.14. The van der Waals surface area contributed by atoms with Gasteiger partial charge in [-0.05, 0) is 49.1 Å². The molecular formula is C16H18N2O2S. The van der Waals surface area contributed by atoms with Gasteiger partial charge in [-0.3, -0.25) is 9.59 Å². The molecule has 21 heavy (non-hydrogen) atoms. The summed E-state index contributed by atoms with van der Waals surface area (Å²) in [7, 11) is 0. The van der Waals surface area contributed by atoms with E-state index >= 15 is 0 Å². The molecule has 0 aliphatic rings. The number of anilines is 1. The van der Waals surface area contributed by atoms with Crippen molar-refractivity contribution in [2.75, 3.05) is 5.32 Å². The summed E-state index contributed by atoms with van der Waals surface area (Å²) >= 11 is 1.39. The van der Waals surface area contributed by atoms with Crippen molar-refractivity contribution < 1.29 is 9.59 Å². The second kappa shape index (κ2) is 7.04. The summed E-state index contributed by atoms with van der Waals surface area (Å²) in [4.78, 5) is 24.5. The van der Waals surface area contributed by atoms with E-state index in [1.807, 2.05) is 25.3 Å². The van der Waals surface area contributed by atoms with Crippen molar-refractivity contribution in [2.45, 2.75) is 26.3 Å². The lowest BCUT2D eigenvalue weighted by Gasteiger charge is -2.11. The first kappa shape index (κ1) is 15.3. The molecule has 5 heteroatoms. The minimum absolute atomic E-state index is 0.0968. The fraction of sp³-hybridized carbons (Fsp3) is 0.250. The summed E-state index contributed by atoms with van der Waals surface area (Å²) in [6.07, 6.45) is 0.890. The fourth-order valence-corrected chi connectivity index (χ4v) is 2.33. The Balaban J connectivity index is 1.99. The van der Waals surface area contributed by atoms with Crippen molar-refractivity contribution in [3.05, 3.63) is 52.2 Å². The van der Waals surface area contributed by atoms with Crippen LogP contribution in [0.4, 0.5) is 5.69 Å². The normalized spacial score (nSPS) is 11.7. The Kier molecular flexibility index (Phi) is 5.11. The number of amides is 2. The molecule has 0 aliphatic heterocycles. The molecular weight excluding hydrogens is 284 g/mol. The smallest absolute Gasteiger partial charge is 0.265 e. The van der Waals surface area contributed by atoms with Crippen molar-refractivity contribution in [3.8, 4) is 0 Å². The minimum Gasteiger partial charge on any atom is -0.350 e. The second-order valence-electron chi connectivity index (χ2n) is 4.79. The summed E-state index contributed by atoms with van der Waals surface area (Å²) in [6, 6.07) is 10.6. The minimum atomic E-state index is -0.137. The third-order valence-corrected chi connectivity index (χ3v) is 4.01. The maximum Gasteiger partial charge on any atom is 0.265 e. The summed E-state index contributed by atoms with van der Waals surface area (Å²) in [5, 5.41) is 7.56. The van der Waals surface area contributed by atoms with Crippen LogP contribution in [0.5, 0.6) is 0 Å². The number of carbonyl (C=O) groups is 2. The quantitative estimate of drug-likeness (QED) is 0.887. The molecule has 2 amide bonds. The predicted octanol–water partition coefficient (Wildman–Crippen LogP) is 3.53. The Bertz CT molecular complexity index is 606. The zero-order valence-electron chi connectivity index (χ0n) is 12.1. The van der Waals surface area contributed by atoms with Crippen LogP contribution in [0.3, 0.4) is 0 Å². The maximum atomic E-state index is 11.9. The van der Waals surface area contributed by atoms with E-state index in [1.54, 1.807) is 30.3 Å². The molecule has 4 nitrogen and oxygen atoms in total. The van der Waals surface area contributed by atoms with Gasteiger partial charge in [-0.25, -0.2) is 0 Å². The first-order valence-corrected chi connectivity index (χ1v) is 7.74. The first-order chi connectivity index (χ1) is 10.1. The molecule has 0 saturated heterocycles. The van der Waals surface area contributed by atoms with Gasteiger partial charge in [0.2, 0.25) is 0 Å². The standard InChI is InChI=1S/C16H18N2O2S/c1-3-11(2)17-15(19)12-6-8-13(9-7-12)18-16(20)14-5-4-10-21-14/h4-11H,3H2,1-2H3,(H,17,19)(H,18,20)/t11-/m1/s1. The van der Waals surface area contributed by atoms with Gasteiger partial charge in [0.1, 0.15) is 0 Å². The van der Waals surface area contributed by atoms with Crippen LogP contribution >= 0.6 is 11.3 Å². The number of nitrogens with one attached hydrogen (secondary N) is 2. The van der Waals surface area contributed by atoms with Gasteiger partial charge < -0.3 is 10.6 Å². The number of hydrogen-bond acceptors (Lipinski definition) is 3. The van der Waals surface area contributed by atoms with Crippen LogP contribution in [0.1, 0.15) is 40.3 Å². The Morgan fingerprint density at radius 1 is 1.14 bits per heavy atom. The van der Waals surface area contributed by atoms with E-state index < -0.39 is 0 Å². The largest absolute Gasteiger partial charge is 0.350 e. The molecule has 0 saturated carbocycles. The van der Waals surface area contributed by atoms with E-state index in [0.29, 0.717) is 16.1 Å². The van der Waals surface area contributed by atoms with Crippen molar-refractivity contribution in [1.82, 2.24) is 5.32 Å². The lowest BCUT2D eigenvalue weighted by atomic mass is 10.1. The van der Waals surface area contributed by atoms with E-state index in [-0.39, 0.29) is 17.9 Å². The molecule has 0 bridgehead atoms. The molecule has 110 valence electrons. The topological polar surface area (TPSA) is 58.2 Å². The van der Waals surface area contributed by atoms with E-state index in [2.05, 4.69) is 10.6 Å².